The summed E-state index contributed by atoms with van der Waals surface area (Å²) in [4.78, 5) is 23.1. The number of carboxylic acids is 1. The highest BCUT2D eigenvalue weighted by atomic mass is 79.9. The zero-order valence-electron chi connectivity index (χ0n) is 10.9. The van der Waals surface area contributed by atoms with Gasteiger partial charge in [-0.2, -0.15) is 11.8 Å². The van der Waals surface area contributed by atoms with E-state index in [4.69, 9.17) is 0 Å². The predicted octanol–water partition coefficient (Wildman–Crippen LogP) is 3.78. The molecule has 0 spiro atoms. The number of hydrogen-bond donors (Lipinski definition) is 3. The normalized spacial score (nSPS) is 11.8. The van der Waals surface area contributed by atoms with Crippen LogP contribution in [0.3, 0.4) is 0 Å². The van der Waals surface area contributed by atoms with E-state index in [9.17, 15) is 14.7 Å². The van der Waals surface area contributed by atoms with E-state index in [1.54, 1.807) is 17.8 Å². The number of aromatic carboxylic acids is 1. The molecule has 3 N–H and O–H groups in total. The molecule has 5 nitrogen and oxygen atoms in total. The highest BCUT2D eigenvalue weighted by Gasteiger charge is 2.17. The minimum atomic E-state index is -1.11. The fourth-order valence-corrected chi connectivity index (χ4v) is 3.44. The van der Waals surface area contributed by atoms with Crippen molar-refractivity contribution in [3.05, 3.63) is 26.6 Å². The number of carbonyl (C=O) groups is 2. The van der Waals surface area contributed by atoms with Crippen LogP contribution in [0, 0.1) is 0 Å². The molecule has 110 valence electrons. The monoisotopic (exact) mass is 424 g/mol. The van der Waals surface area contributed by atoms with Gasteiger partial charge in [-0.1, -0.05) is 15.9 Å². The van der Waals surface area contributed by atoms with Crippen LogP contribution in [-0.2, 0) is 0 Å². The van der Waals surface area contributed by atoms with Gasteiger partial charge in [0.2, 0.25) is 0 Å². The first kappa shape index (κ1) is 17.3. The van der Waals surface area contributed by atoms with Crippen molar-refractivity contribution in [3.8, 4) is 0 Å². The van der Waals surface area contributed by atoms with Crippen molar-refractivity contribution >= 4 is 61.3 Å². The lowest BCUT2D eigenvalue weighted by molar-refractivity contribution is 0.0698. The summed E-state index contributed by atoms with van der Waals surface area (Å²) in [6.45, 7) is 1.88. The van der Waals surface area contributed by atoms with Crippen LogP contribution >= 0.6 is 43.6 Å². The maximum absolute atomic E-state index is 11.9. The molecule has 1 aromatic carbocycles. The van der Waals surface area contributed by atoms with E-state index < -0.39 is 12.0 Å². The van der Waals surface area contributed by atoms with Gasteiger partial charge in [0.25, 0.3) is 0 Å². The van der Waals surface area contributed by atoms with Crippen molar-refractivity contribution in [1.29, 1.82) is 0 Å². The van der Waals surface area contributed by atoms with Crippen molar-refractivity contribution in [1.82, 2.24) is 5.32 Å². The molecule has 0 aliphatic rings. The lowest BCUT2D eigenvalue weighted by Gasteiger charge is -2.15. The fourth-order valence-electron chi connectivity index (χ4n) is 1.53. The number of carbonyl (C=O) groups excluding carboxylic acids is 1. The molecule has 1 rings (SSSR count). The molecule has 0 aliphatic carbocycles. The number of anilines is 1. The number of rotatable bonds is 5. The van der Waals surface area contributed by atoms with Gasteiger partial charge in [-0.25, -0.2) is 9.59 Å². The molecular weight excluding hydrogens is 412 g/mol. The van der Waals surface area contributed by atoms with Gasteiger partial charge < -0.3 is 15.7 Å². The number of amides is 2. The summed E-state index contributed by atoms with van der Waals surface area (Å²) in [7, 11) is 0. The van der Waals surface area contributed by atoms with Gasteiger partial charge >= 0.3 is 12.0 Å². The number of halogens is 2. The molecule has 1 unspecified atom stereocenters. The summed E-state index contributed by atoms with van der Waals surface area (Å²) in [5.74, 6) is -0.333. The van der Waals surface area contributed by atoms with E-state index >= 15 is 0 Å². The quantitative estimate of drug-likeness (QED) is 0.670. The minimum absolute atomic E-state index is 0.00694. The van der Waals surface area contributed by atoms with E-state index in [-0.39, 0.29) is 17.3 Å². The van der Waals surface area contributed by atoms with Crippen LogP contribution in [0.25, 0.3) is 0 Å². The second-order valence-corrected chi connectivity index (χ2v) is 6.75. The lowest BCUT2D eigenvalue weighted by Crippen LogP contribution is -2.37. The Morgan fingerprint density at radius 3 is 2.60 bits per heavy atom. The second-order valence-electron chi connectivity index (χ2n) is 4.07. The van der Waals surface area contributed by atoms with Crippen LogP contribution in [0.4, 0.5) is 10.5 Å². The van der Waals surface area contributed by atoms with E-state index in [1.165, 1.54) is 6.07 Å². The average molecular weight is 426 g/mol. The van der Waals surface area contributed by atoms with E-state index in [1.807, 2.05) is 13.2 Å². The van der Waals surface area contributed by atoms with Crippen molar-refractivity contribution in [2.75, 3.05) is 17.3 Å². The van der Waals surface area contributed by atoms with Crippen molar-refractivity contribution in [2.24, 2.45) is 0 Å². The molecule has 20 heavy (non-hydrogen) atoms. The van der Waals surface area contributed by atoms with Crippen molar-refractivity contribution < 1.29 is 14.7 Å². The average Bonchev–Trinajstić information content (AvgIpc) is 2.32. The van der Waals surface area contributed by atoms with E-state index in [0.29, 0.717) is 8.95 Å². The SMILES string of the molecule is CSCC(C)NC(=O)Nc1c(Br)cc(Br)cc1C(=O)O. The predicted molar refractivity (Wildman–Crippen MR) is 88.8 cm³/mol. The molecule has 8 heteroatoms. The van der Waals surface area contributed by atoms with Crippen LogP contribution in [0.2, 0.25) is 0 Å². The molecule has 0 aliphatic heterocycles. The summed E-state index contributed by atoms with van der Waals surface area (Å²) in [6.07, 6.45) is 1.95. The summed E-state index contributed by atoms with van der Waals surface area (Å²) < 4.78 is 1.11. The molecule has 0 saturated heterocycles. The number of nitrogens with one attached hydrogen (secondary N) is 2. The van der Waals surface area contributed by atoms with Crippen LogP contribution in [-0.4, -0.2) is 35.2 Å². The van der Waals surface area contributed by atoms with E-state index in [0.717, 1.165) is 5.75 Å². The highest BCUT2D eigenvalue weighted by molar-refractivity contribution is 9.11. The Labute approximate surface area is 138 Å². The molecule has 1 atom stereocenters. The minimum Gasteiger partial charge on any atom is -0.478 e. The molecule has 1 aromatic rings. The van der Waals surface area contributed by atoms with E-state index in [2.05, 4.69) is 42.5 Å². The standard InChI is InChI=1S/C12H14Br2N2O3S/c1-6(5-20-2)15-12(19)16-10-8(11(17)18)3-7(13)4-9(10)14/h3-4,6H,5H2,1-2H3,(H,17,18)(H2,15,16,19). The van der Waals surface area contributed by atoms with Crippen LogP contribution < -0.4 is 10.6 Å². The van der Waals surface area contributed by atoms with Gasteiger partial charge in [0.1, 0.15) is 0 Å². The second kappa shape index (κ2) is 7.90. The molecular formula is C12H14Br2N2O3S. The Balaban J connectivity index is 2.91. The first-order chi connectivity index (χ1) is 9.35. The zero-order valence-corrected chi connectivity index (χ0v) is 14.9. The molecule has 0 radical (unpaired) electrons. The van der Waals surface area contributed by atoms with Crippen molar-refractivity contribution in [3.63, 3.8) is 0 Å². The van der Waals surface area contributed by atoms with Crippen LogP contribution in [0.5, 0.6) is 0 Å². The maximum atomic E-state index is 11.9. The number of carboxylic acid groups (broad SMARTS) is 1. The van der Waals surface area contributed by atoms with Gasteiger partial charge in [0, 0.05) is 20.7 Å². The van der Waals surface area contributed by atoms with Crippen LogP contribution in [0.1, 0.15) is 17.3 Å². The molecule has 0 fully saturated rings. The lowest BCUT2D eigenvalue weighted by atomic mass is 10.2. The smallest absolute Gasteiger partial charge is 0.337 e. The Bertz CT molecular complexity index is 526. The molecule has 2 amide bonds. The molecule has 0 saturated carbocycles. The Morgan fingerprint density at radius 2 is 2.05 bits per heavy atom. The summed E-state index contributed by atoms with van der Waals surface area (Å²) in [6, 6.07) is 2.67. The third-order valence-corrected chi connectivity index (χ3v) is 4.23. The van der Waals surface area contributed by atoms with Gasteiger partial charge in [-0.15, -0.1) is 0 Å². The summed E-state index contributed by atoms with van der Waals surface area (Å²) >= 11 is 8.09. The molecule has 0 heterocycles. The Morgan fingerprint density at radius 1 is 1.40 bits per heavy atom. The highest BCUT2D eigenvalue weighted by Crippen LogP contribution is 2.30. The largest absolute Gasteiger partial charge is 0.478 e. The van der Waals surface area contributed by atoms with Crippen molar-refractivity contribution in [2.45, 2.75) is 13.0 Å². The molecule has 0 aromatic heterocycles. The number of thioether (sulfide) groups is 1. The molecule has 0 bridgehead atoms. The third kappa shape index (κ3) is 4.99. The van der Waals surface area contributed by atoms with Gasteiger partial charge in [0.15, 0.2) is 0 Å². The maximum Gasteiger partial charge on any atom is 0.337 e. The summed E-state index contributed by atoms with van der Waals surface area (Å²) in [5.41, 5.74) is 0.244. The zero-order chi connectivity index (χ0) is 15.3. The number of urea groups is 1. The summed E-state index contributed by atoms with van der Waals surface area (Å²) in [5, 5.41) is 14.5. The topological polar surface area (TPSA) is 78.4 Å². The Kier molecular flexibility index (Phi) is 6.84. The first-order valence-corrected chi connectivity index (χ1v) is 8.62. The van der Waals surface area contributed by atoms with Gasteiger partial charge in [-0.05, 0) is 41.2 Å². The number of hydrogen-bond acceptors (Lipinski definition) is 3. The number of benzene rings is 1. The third-order valence-electron chi connectivity index (χ3n) is 2.32. The Hall–Kier alpha value is -0.730. The van der Waals surface area contributed by atoms with Gasteiger partial charge in [-0.3, -0.25) is 0 Å². The van der Waals surface area contributed by atoms with Gasteiger partial charge in [0.05, 0.1) is 11.3 Å². The fraction of sp³-hybridized carbons (Fsp3) is 0.333. The van der Waals surface area contributed by atoms with Crippen LogP contribution in [0.15, 0.2) is 21.1 Å². The first-order valence-electron chi connectivity index (χ1n) is 5.64.